The monoisotopic (exact) mass is 436 g/mol. The van der Waals surface area contributed by atoms with Crippen LogP contribution in [0.4, 0.5) is 0 Å². The zero-order valence-corrected chi connectivity index (χ0v) is 13.2. The van der Waals surface area contributed by atoms with Gasteiger partial charge in [0.25, 0.3) is 0 Å². The van der Waals surface area contributed by atoms with Gasteiger partial charge in [-0.2, -0.15) is 0 Å². The molecule has 0 saturated heterocycles. The number of hydrogen-bond acceptors (Lipinski definition) is 6. The van der Waals surface area contributed by atoms with E-state index in [9.17, 15) is 14.4 Å². The van der Waals surface area contributed by atoms with Crippen LogP contribution in [0.5, 0.6) is 0 Å². The van der Waals surface area contributed by atoms with Crippen LogP contribution >= 0.6 is 0 Å². The molecule has 10 heteroatoms. The number of hydrogen-bond donors (Lipinski definition) is 6. The van der Waals surface area contributed by atoms with Gasteiger partial charge in [-0.3, -0.25) is 14.4 Å². The molecule has 0 spiro atoms. The van der Waals surface area contributed by atoms with Gasteiger partial charge in [0.05, 0.1) is 6.42 Å². The number of aliphatic carboxylic acids is 2. The Morgan fingerprint density at radius 1 is 1.05 bits per heavy atom. The first-order valence-corrected chi connectivity index (χ1v) is 5.64. The number of carboxylic acid groups (broad SMARTS) is 2. The van der Waals surface area contributed by atoms with E-state index in [0.717, 1.165) is 0 Å². The third-order valence-electron chi connectivity index (χ3n) is 1.94. The minimum atomic E-state index is -1.02. The van der Waals surface area contributed by atoms with Crippen molar-refractivity contribution in [1.29, 1.82) is 0 Å². The minimum absolute atomic E-state index is 0. The van der Waals surface area contributed by atoms with Gasteiger partial charge in [-0.1, -0.05) is 0 Å². The van der Waals surface area contributed by atoms with Gasteiger partial charge in [0.1, 0.15) is 6.04 Å². The zero-order chi connectivity index (χ0) is 15.4. The fourth-order valence-electron chi connectivity index (χ4n) is 1.02. The topological polar surface area (TPSA) is 196 Å². The maximum absolute atomic E-state index is 10.1. The Labute approximate surface area is 149 Å². The van der Waals surface area contributed by atoms with Crippen molar-refractivity contribution in [3.63, 3.8) is 0 Å². The van der Waals surface area contributed by atoms with E-state index >= 15 is 0 Å². The van der Waals surface area contributed by atoms with Gasteiger partial charge in [0.15, 0.2) is 0 Å². The van der Waals surface area contributed by atoms with Crippen molar-refractivity contribution < 1.29 is 64.5 Å². The van der Waals surface area contributed by atoms with E-state index < -0.39 is 29.9 Å². The average Bonchev–Trinajstić information content (AvgIpc) is 2.24. The van der Waals surface area contributed by atoms with E-state index in [-0.39, 0.29) is 52.8 Å². The molecule has 9 nitrogen and oxygen atoms in total. The Morgan fingerprint density at radius 3 is 1.85 bits per heavy atom. The number of carbonyl (C=O) groups excluding carboxylic acids is 1. The minimum Gasteiger partial charge on any atom is -0.481 e. The van der Waals surface area contributed by atoms with Gasteiger partial charge in [0, 0.05) is 52.4 Å². The van der Waals surface area contributed by atoms with Crippen LogP contribution in [0.2, 0.25) is 0 Å². The summed E-state index contributed by atoms with van der Waals surface area (Å²) in [5.41, 5.74) is 20.2. The Morgan fingerprint density at radius 2 is 1.55 bits per heavy atom. The van der Waals surface area contributed by atoms with Crippen LogP contribution in [0.15, 0.2) is 0 Å². The van der Waals surface area contributed by atoms with Crippen LogP contribution in [0, 0.1) is 39.9 Å². The molecule has 20 heavy (non-hydrogen) atoms. The van der Waals surface area contributed by atoms with Gasteiger partial charge < -0.3 is 33.1 Å². The van der Waals surface area contributed by atoms with Crippen molar-refractivity contribution in [3.05, 3.63) is 0 Å². The molecule has 2 unspecified atom stereocenters. The van der Waals surface area contributed by atoms with Gasteiger partial charge in [-0.05, 0) is 19.4 Å². The molecular formula is C10H22GdN4O5. The van der Waals surface area contributed by atoms with E-state index in [2.05, 4.69) is 0 Å². The first-order chi connectivity index (χ1) is 8.70. The third-order valence-corrected chi connectivity index (χ3v) is 1.94. The maximum atomic E-state index is 10.1. The summed E-state index contributed by atoms with van der Waals surface area (Å²) in [6.07, 6.45) is 0.842. The van der Waals surface area contributed by atoms with Gasteiger partial charge in [-0.15, -0.1) is 0 Å². The third kappa shape index (κ3) is 19.9. The molecule has 0 radical (unpaired) electrons. The van der Waals surface area contributed by atoms with Crippen LogP contribution in [-0.4, -0.2) is 46.7 Å². The molecule has 2 atom stereocenters. The van der Waals surface area contributed by atoms with Crippen LogP contribution in [0.25, 0.3) is 0 Å². The van der Waals surface area contributed by atoms with Crippen molar-refractivity contribution in [2.24, 2.45) is 22.9 Å². The molecule has 0 rings (SSSR count). The number of carboxylic acids is 2. The normalized spacial score (nSPS) is 12.2. The molecule has 120 valence electrons. The molecule has 1 amide bonds. The second-order valence-electron chi connectivity index (χ2n) is 3.90. The predicted molar refractivity (Wildman–Crippen MR) is 67.9 cm³/mol. The fraction of sp³-hybridized carbons (Fsp3) is 0.700. The Kier molecular flexibility index (Phi) is 18.5. The van der Waals surface area contributed by atoms with Crippen LogP contribution in [-0.2, 0) is 14.4 Å². The molecule has 0 aliphatic heterocycles. The molecule has 0 aromatic carbocycles. The molecule has 0 saturated carbocycles. The zero-order valence-electron chi connectivity index (χ0n) is 11.0. The van der Waals surface area contributed by atoms with E-state index in [1.165, 1.54) is 0 Å². The number of rotatable bonds is 8. The summed E-state index contributed by atoms with van der Waals surface area (Å²) in [6, 6.07) is -1.40. The Balaban J connectivity index is -0.000000277. The fourth-order valence-corrected chi connectivity index (χ4v) is 1.02. The van der Waals surface area contributed by atoms with Crippen molar-refractivity contribution in [2.75, 3.05) is 6.54 Å². The van der Waals surface area contributed by atoms with Crippen molar-refractivity contribution in [2.45, 2.75) is 37.8 Å². The Bertz CT molecular complexity index is 287. The van der Waals surface area contributed by atoms with Gasteiger partial charge >= 0.3 is 11.9 Å². The largest absolute Gasteiger partial charge is 0.481 e. The van der Waals surface area contributed by atoms with Gasteiger partial charge in [-0.25, -0.2) is 0 Å². The van der Waals surface area contributed by atoms with Crippen molar-refractivity contribution in [3.8, 4) is 0 Å². The number of carbonyl (C=O) groups is 3. The molecule has 0 fully saturated rings. The second-order valence-corrected chi connectivity index (χ2v) is 3.90. The van der Waals surface area contributed by atoms with Crippen molar-refractivity contribution >= 4 is 17.8 Å². The van der Waals surface area contributed by atoms with Crippen LogP contribution < -0.4 is 22.9 Å². The summed E-state index contributed by atoms with van der Waals surface area (Å²) >= 11 is 0. The molecule has 0 aliphatic rings. The van der Waals surface area contributed by atoms with E-state index in [0.29, 0.717) is 19.4 Å². The number of amides is 1. The van der Waals surface area contributed by atoms with Crippen LogP contribution in [0.3, 0.4) is 0 Å². The van der Waals surface area contributed by atoms with Crippen molar-refractivity contribution in [1.82, 2.24) is 0 Å². The summed E-state index contributed by atoms with van der Waals surface area (Å²) in [4.78, 5) is 30.1. The number of primary amides is 1. The van der Waals surface area contributed by atoms with E-state index in [4.69, 9.17) is 33.1 Å². The molecule has 10 N–H and O–H groups in total. The standard InChI is InChI=1S/C5H10N2O3.C5H12N2O2.Gd/c6-3(1-4(7)8)2-5(9)10;6-3-1-2-4(7)5(8)9;/h3H,1-2,6H2,(H2,7,8)(H,9,10);4H,1-3,6-7H2,(H,8,9);. The van der Waals surface area contributed by atoms with E-state index in [1.54, 1.807) is 0 Å². The molecule has 0 aromatic rings. The summed E-state index contributed by atoms with van der Waals surface area (Å²) < 4.78 is 0. The van der Waals surface area contributed by atoms with E-state index in [1.807, 2.05) is 0 Å². The summed E-state index contributed by atoms with van der Waals surface area (Å²) in [5, 5.41) is 16.4. The smallest absolute Gasteiger partial charge is 0.320 e. The quantitative estimate of drug-likeness (QED) is 0.247. The molecule has 0 bridgehead atoms. The second kappa shape index (κ2) is 15.0. The average molecular weight is 436 g/mol. The van der Waals surface area contributed by atoms with Crippen LogP contribution in [0.1, 0.15) is 25.7 Å². The summed E-state index contributed by atoms with van der Waals surface area (Å²) in [7, 11) is 0. The predicted octanol–water partition coefficient (Wildman–Crippen LogP) is -2.20. The summed E-state index contributed by atoms with van der Waals surface area (Å²) in [5.74, 6) is -2.55. The Hall–Kier alpha value is -0.385. The molecule has 0 aromatic heterocycles. The molecule has 0 aliphatic carbocycles. The molecule has 0 heterocycles. The number of nitrogens with two attached hydrogens (primary N) is 4. The summed E-state index contributed by atoms with van der Waals surface area (Å²) in [6.45, 7) is 0.501. The SMILES string of the molecule is NC(=O)CC(N)CC(=O)O.NCCCC(N)C(=O)O.[Gd]. The maximum Gasteiger partial charge on any atom is 0.320 e. The molecular weight excluding hydrogens is 413 g/mol. The first-order valence-electron chi connectivity index (χ1n) is 5.64. The first kappa shape index (κ1) is 24.6. The van der Waals surface area contributed by atoms with Gasteiger partial charge in [0.2, 0.25) is 5.91 Å².